The molecule has 0 saturated carbocycles. The van der Waals surface area contributed by atoms with E-state index in [-0.39, 0.29) is 0 Å². The summed E-state index contributed by atoms with van der Waals surface area (Å²) >= 11 is 3.56. The zero-order chi connectivity index (χ0) is 15.6. The molecule has 0 aliphatic carbocycles. The van der Waals surface area contributed by atoms with E-state index in [0.717, 1.165) is 32.7 Å². The highest BCUT2D eigenvalue weighted by Crippen LogP contribution is 2.27. The van der Waals surface area contributed by atoms with Gasteiger partial charge in [0.15, 0.2) is 0 Å². The first-order chi connectivity index (χ1) is 9.97. The van der Waals surface area contributed by atoms with Crippen LogP contribution < -0.4 is 4.74 Å². The number of hydrogen-bond donors (Lipinski definition) is 1. The van der Waals surface area contributed by atoms with Gasteiger partial charge in [-0.2, -0.15) is 5.10 Å². The molecular formula is C16H21BrN2O2. The lowest BCUT2D eigenvalue weighted by atomic mass is 10.1. The van der Waals surface area contributed by atoms with Gasteiger partial charge in [-0.1, -0.05) is 22.9 Å². The Labute approximate surface area is 133 Å². The Balaban J connectivity index is 2.36. The van der Waals surface area contributed by atoms with E-state index in [9.17, 15) is 5.11 Å². The number of aliphatic hydroxyl groups is 1. The van der Waals surface area contributed by atoms with Gasteiger partial charge in [-0.3, -0.25) is 4.68 Å². The molecule has 0 aliphatic heterocycles. The number of benzene rings is 1. The molecule has 0 saturated heterocycles. The second-order valence-corrected chi connectivity index (χ2v) is 5.98. The molecule has 1 aromatic heterocycles. The van der Waals surface area contributed by atoms with Crippen LogP contribution >= 0.6 is 15.9 Å². The predicted octanol–water partition coefficient (Wildman–Crippen LogP) is 3.76. The molecule has 1 aromatic carbocycles. The van der Waals surface area contributed by atoms with Crippen LogP contribution in [0, 0.1) is 13.8 Å². The van der Waals surface area contributed by atoms with Crippen LogP contribution in [0.3, 0.4) is 0 Å². The lowest BCUT2D eigenvalue weighted by molar-refractivity contribution is 0.172. The molecular weight excluding hydrogens is 332 g/mol. The highest BCUT2D eigenvalue weighted by atomic mass is 79.9. The van der Waals surface area contributed by atoms with Crippen molar-refractivity contribution in [3.63, 3.8) is 0 Å². The Bertz CT molecular complexity index is 637. The number of hydrogen-bond acceptors (Lipinski definition) is 3. The molecule has 1 N–H and O–H groups in total. The first-order valence-electron chi connectivity index (χ1n) is 7.02. The van der Waals surface area contributed by atoms with Crippen molar-refractivity contribution < 1.29 is 9.84 Å². The van der Waals surface area contributed by atoms with Gasteiger partial charge in [-0.15, -0.1) is 0 Å². The Morgan fingerprint density at radius 2 is 2.10 bits per heavy atom. The number of methoxy groups -OCH3 is 1. The van der Waals surface area contributed by atoms with Crippen LogP contribution in [0.5, 0.6) is 5.75 Å². The summed E-state index contributed by atoms with van der Waals surface area (Å²) in [4.78, 5) is 0. The number of aliphatic hydroxyl groups excluding tert-OH is 1. The first-order valence-corrected chi connectivity index (χ1v) is 7.81. The molecule has 4 nitrogen and oxygen atoms in total. The third kappa shape index (κ3) is 3.30. The molecule has 5 heteroatoms. The average molecular weight is 353 g/mol. The normalized spacial score (nSPS) is 12.5. The van der Waals surface area contributed by atoms with Gasteiger partial charge in [0, 0.05) is 15.7 Å². The van der Waals surface area contributed by atoms with E-state index in [0.29, 0.717) is 13.0 Å². The van der Waals surface area contributed by atoms with Gasteiger partial charge in [0.05, 0.1) is 25.5 Å². The van der Waals surface area contributed by atoms with Crippen molar-refractivity contribution in [1.82, 2.24) is 9.78 Å². The first kappa shape index (κ1) is 16.0. The van der Waals surface area contributed by atoms with E-state index in [1.165, 1.54) is 0 Å². The summed E-state index contributed by atoms with van der Waals surface area (Å²) in [6, 6.07) is 5.89. The lowest BCUT2D eigenvalue weighted by Gasteiger charge is -2.11. The lowest BCUT2D eigenvalue weighted by Crippen LogP contribution is -2.06. The van der Waals surface area contributed by atoms with Gasteiger partial charge in [0.25, 0.3) is 0 Å². The number of rotatable bonds is 5. The van der Waals surface area contributed by atoms with Gasteiger partial charge in [-0.05, 0) is 44.0 Å². The molecule has 2 aromatic rings. The molecule has 0 aliphatic rings. The van der Waals surface area contributed by atoms with Gasteiger partial charge in [0.1, 0.15) is 5.75 Å². The molecule has 2 rings (SSSR count). The number of halogens is 1. The quantitative estimate of drug-likeness (QED) is 0.890. The minimum absolute atomic E-state index is 0.451. The molecule has 1 atom stereocenters. The fraction of sp³-hybridized carbons (Fsp3) is 0.438. The monoisotopic (exact) mass is 352 g/mol. The van der Waals surface area contributed by atoms with Crippen LogP contribution in [0.1, 0.15) is 42.0 Å². The standard InChI is InChI=1S/C16H21BrN2O2/c1-5-15(20)16-10(2)18-19(11(16)3)9-12-8-13(21-4)6-7-14(12)17/h6-8,15,20H,5,9H2,1-4H3. The van der Waals surface area contributed by atoms with E-state index in [1.807, 2.05) is 43.7 Å². The molecule has 0 radical (unpaired) electrons. The zero-order valence-corrected chi connectivity index (χ0v) is 14.4. The fourth-order valence-electron chi connectivity index (χ4n) is 2.51. The topological polar surface area (TPSA) is 47.3 Å². The molecule has 0 fully saturated rings. The van der Waals surface area contributed by atoms with E-state index in [2.05, 4.69) is 21.0 Å². The van der Waals surface area contributed by atoms with Gasteiger partial charge in [-0.25, -0.2) is 0 Å². The highest BCUT2D eigenvalue weighted by molar-refractivity contribution is 9.10. The molecule has 21 heavy (non-hydrogen) atoms. The third-order valence-corrected chi connectivity index (χ3v) is 4.50. The van der Waals surface area contributed by atoms with Crippen molar-refractivity contribution in [2.75, 3.05) is 7.11 Å². The van der Waals surface area contributed by atoms with Crippen molar-refractivity contribution in [2.24, 2.45) is 0 Å². The molecule has 0 spiro atoms. The minimum Gasteiger partial charge on any atom is -0.497 e. The highest BCUT2D eigenvalue weighted by Gasteiger charge is 2.18. The summed E-state index contributed by atoms with van der Waals surface area (Å²) < 4.78 is 8.23. The number of nitrogens with zero attached hydrogens (tertiary/aromatic N) is 2. The predicted molar refractivity (Wildman–Crippen MR) is 86.7 cm³/mol. The molecule has 0 amide bonds. The van der Waals surface area contributed by atoms with Crippen LogP contribution in [0.4, 0.5) is 0 Å². The van der Waals surface area contributed by atoms with E-state index in [4.69, 9.17) is 4.74 Å². The van der Waals surface area contributed by atoms with Crippen molar-refractivity contribution in [1.29, 1.82) is 0 Å². The Kier molecular flexibility index (Phi) is 5.06. The van der Waals surface area contributed by atoms with Crippen LogP contribution in [0.2, 0.25) is 0 Å². The summed E-state index contributed by atoms with van der Waals surface area (Å²) in [7, 11) is 1.66. The largest absolute Gasteiger partial charge is 0.497 e. The van der Waals surface area contributed by atoms with Gasteiger partial charge >= 0.3 is 0 Å². The van der Waals surface area contributed by atoms with Crippen molar-refractivity contribution >= 4 is 15.9 Å². The number of aromatic nitrogens is 2. The Morgan fingerprint density at radius 3 is 2.71 bits per heavy atom. The Hall–Kier alpha value is -1.33. The average Bonchev–Trinajstić information content (AvgIpc) is 2.75. The molecule has 1 unspecified atom stereocenters. The third-order valence-electron chi connectivity index (χ3n) is 3.73. The van der Waals surface area contributed by atoms with E-state index < -0.39 is 6.10 Å². The minimum atomic E-state index is -0.451. The van der Waals surface area contributed by atoms with E-state index >= 15 is 0 Å². The Morgan fingerprint density at radius 1 is 1.38 bits per heavy atom. The summed E-state index contributed by atoms with van der Waals surface area (Å²) in [5.74, 6) is 0.823. The summed E-state index contributed by atoms with van der Waals surface area (Å²) in [6.45, 7) is 6.56. The maximum absolute atomic E-state index is 10.1. The smallest absolute Gasteiger partial charge is 0.119 e. The van der Waals surface area contributed by atoms with E-state index in [1.54, 1.807) is 7.11 Å². The number of ether oxygens (including phenoxy) is 1. The summed E-state index contributed by atoms with van der Waals surface area (Å²) in [6.07, 6.45) is 0.239. The molecule has 1 heterocycles. The number of aryl methyl sites for hydroxylation is 1. The van der Waals surface area contributed by atoms with Crippen molar-refractivity contribution in [2.45, 2.75) is 39.8 Å². The maximum atomic E-state index is 10.1. The van der Waals surface area contributed by atoms with Crippen LogP contribution in [-0.2, 0) is 6.54 Å². The molecule has 114 valence electrons. The van der Waals surface area contributed by atoms with Crippen molar-refractivity contribution in [3.8, 4) is 5.75 Å². The van der Waals surface area contributed by atoms with Crippen LogP contribution in [0.25, 0.3) is 0 Å². The fourth-order valence-corrected chi connectivity index (χ4v) is 2.88. The van der Waals surface area contributed by atoms with Crippen molar-refractivity contribution in [3.05, 3.63) is 45.2 Å². The second kappa shape index (κ2) is 6.62. The zero-order valence-electron chi connectivity index (χ0n) is 12.9. The van der Waals surface area contributed by atoms with Gasteiger partial charge < -0.3 is 9.84 Å². The van der Waals surface area contributed by atoms with Crippen LogP contribution in [0.15, 0.2) is 22.7 Å². The maximum Gasteiger partial charge on any atom is 0.119 e. The SMILES string of the molecule is CCC(O)c1c(C)nn(Cc2cc(OC)ccc2Br)c1C. The van der Waals surface area contributed by atoms with Crippen LogP contribution in [-0.4, -0.2) is 22.0 Å². The summed E-state index contributed by atoms with van der Waals surface area (Å²) in [5, 5.41) is 14.7. The summed E-state index contributed by atoms with van der Waals surface area (Å²) in [5.41, 5.74) is 3.94. The second-order valence-electron chi connectivity index (χ2n) is 5.12. The molecule has 0 bridgehead atoms. The van der Waals surface area contributed by atoms with Gasteiger partial charge in [0.2, 0.25) is 0 Å².